The van der Waals surface area contributed by atoms with E-state index in [1.165, 1.54) is 7.11 Å². The van der Waals surface area contributed by atoms with E-state index in [9.17, 15) is 4.79 Å². The summed E-state index contributed by atoms with van der Waals surface area (Å²) >= 11 is 0. The van der Waals surface area contributed by atoms with Crippen LogP contribution >= 0.6 is 0 Å². The van der Waals surface area contributed by atoms with Gasteiger partial charge in [0.25, 0.3) is 0 Å². The molecule has 4 nitrogen and oxygen atoms in total. The minimum absolute atomic E-state index is 0.460. The van der Waals surface area contributed by atoms with E-state index in [0.29, 0.717) is 6.61 Å². The van der Waals surface area contributed by atoms with Gasteiger partial charge in [-0.15, -0.1) is 0 Å². The smallest absolute Gasteiger partial charge is 0.325 e. The van der Waals surface area contributed by atoms with Gasteiger partial charge >= 0.3 is 5.97 Å². The number of hydrogen-bond acceptors (Lipinski definition) is 4. The Morgan fingerprint density at radius 2 is 2.00 bits per heavy atom. The molecule has 0 aliphatic heterocycles. The quantitative estimate of drug-likeness (QED) is 0.763. The number of carbonyl (C=O) groups is 1. The highest BCUT2D eigenvalue weighted by Gasteiger charge is 2.27. The molecule has 0 bridgehead atoms. The van der Waals surface area contributed by atoms with Crippen LogP contribution in [0.1, 0.15) is 18.6 Å². The largest absolute Gasteiger partial charge is 0.468 e. The van der Waals surface area contributed by atoms with Gasteiger partial charge in [-0.2, -0.15) is 0 Å². The summed E-state index contributed by atoms with van der Waals surface area (Å²) < 4.78 is 10.1. The van der Waals surface area contributed by atoms with Gasteiger partial charge < -0.3 is 15.2 Å². The van der Waals surface area contributed by atoms with Crippen LogP contribution in [0, 0.1) is 0 Å². The molecule has 0 saturated heterocycles. The van der Waals surface area contributed by atoms with Gasteiger partial charge in [-0.05, 0) is 12.5 Å². The highest BCUT2D eigenvalue weighted by Crippen LogP contribution is 2.20. The number of ether oxygens (including phenoxy) is 2. The molecule has 2 atom stereocenters. The van der Waals surface area contributed by atoms with Crippen molar-refractivity contribution in [2.75, 3.05) is 13.7 Å². The lowest BCUT2D eigenvalue weighted by Crippen LogP contribution is -2.38. The molecule has 2 unspecified atom stereocenters. The van der Waals surface area contributed by atoms with Crippen molar-refractivity contribution in [3.05, 3.63) is 35.9 Å². The number of nitrogens with two attached hydrogens (primary N) is 1. The van der Waals surface area contributed by atoms with E-state index in [4.69, 9.17) is 10.5 Å². The van der Waals surface area contributed by atoms with E-state index in [2.05, 4.69) is 4.74 Å². The van der Waals surface area contributed by atoms with Crippen LogP contribution in [0.25, 0.3) is 0 Å². The van der Waals surface area contributed by atoms with Gasteiger partial charge in [0, 0.05) is 6.61 Å². The molecule has 1 aromatic carbocycles. The van der Waals surface area contributed by atoms with Crippen molar-refractivity contribution in [3.8, 4) is 0 Å². The first-order valence-corrected chi connectivity index (χ1v) is 5.20. The third-order valence-electron chi connectivity index (χ3n) is 2.27. The summed E-state index contributed by atoms with van der Waals surface area (Å²) in [6.07, 6.45) is -0.460. The van der Waals surface area contributed by atoms with Crippen LogP contribution in [0.3, 0.4) is 0 Å². The van der Waals surface area contributed by atoms with E-state index in [-0.39, 0.29) is 0 Å². The molecule has 2 N–H and O–H groups in total. The molecule has 0 heterocycles. The number of methoxy groups -OCH3 is 1. The van der Waals surface area contributed by atoms with Crippen molar-refractivity contribution in [2.24, 2.45) is 5.73 Å². The molecule has 4 heteroatoms. The molecule has 0 radical (unpaired) electrons. The fraction of sp³-hybridized carbons (Fsp3) is 0.417. The maximum Gasteiger partial charge on any atom is 0.325 e. The molecule has 1 rings (SSSR count). The number of carbonyl (C=O) groups excluding carboxylic acids is 1. The second-order valence-electron chi connectivity index (χ2n) is 3.34. The number of rotatable bonds is 5. The standard InChI is InChI=1S/C12H17NO3/c1-3-16-11(10(13)12(14)15-2)9-7-5-4-6-8-9/h4-8,10-11H,3,13H2,1-2H3. The van der Waals surface area contributed by atoms with E-state index in [1.807, 2.05) is 37.3 Å². The molecule has 0 fully saturated rings. The van der Waals surface area contributed by atoms with Gasteiger partial charge in [-0.25, -0.2) is 0 Å². The van der Waals surface area contributed by atoms with Crippen LogP contribution in [0.4, 0.5) is 0 Å². The van der Waals surface area contributed by atoms with Crippen LogP contribution in [0.15, 0.2) is 30.3 Å². The van der Waals surface area contributed by atoms with Gasteiger partial charge in [-0.3, -0.25) is 4.79 Å². The average molecular weight is 223 g/mol. The van der Waals surface area contributed by atoms with Gasteiger partial charge in [0.1, 0.15) is 12.1 Å². The first-order valence-electron chi connectivity index (χ1n) is 5.20. The molecule has 0 aliphatic rings. The number of esters is 1. The number of benzene rings is 1. The summed E-state index contributed by atoms with van der Waals surface area (Å²) in [5, 5.41) is 0. The second-order valence-corrected chi connectivity index (χ2v) is 3.34. The van der Waals surface area contributed by atoms with Crippen LogP contribution in [-0.4, -0.2) is 25.7 Å². The van der Waals surface area contributed by atoms with Gasteiger partial charge in [-0.1, -0.05) is 30.3 Å². The van der Waals surface area contributed by atoms with E-state index >= 15 is 0 Å². The molecule has 0 spiro atoms. The SMILES string of the molecule is CCOC(c1ccccc1)C(N)C(=O)OC. The van der Waals surface area contributed by atoms with Crippen molar-refractivity contribution in [1.29, 1.82) is 0 Å². The Morgan fingerprint density at radius 3 is 2.50 bits per heavy atom. The predicted molar refractivity (Wildman–Crippen MR) is 60.8 cm³/mol. The van der Waals surface area contributed by atoms with Crippen molar-refractivity contribution < 1.29 is 14.3 Å². The third-order valence-corrected chi connectivity index (χ3v) is 2.27. The Kier molecular flexibility index (Phi) is 4.95. The van der Waals surface area contributed by atoms with Crippen LogP contribution in [0.2, 0.25) is 0 Å². The second kappa shape index (κ2) is 6.25. The third kappa shape index (κ3) is 3.05. The van der Waals surface area contributed by atoms with E-state index in [1.54, 1.807) is 0 Å². The zero-order chi connectivity index (χ0) is 12.0. The van der Waals surface area contributed by atoms with Crippen LogP contribution < -0.4 is 5.73 Å². The highest BCUT2D eigenvalue weighted by atomic mass is 16.5. The van der Waals surface area contributed by atoms with Gasteiger partial charge in [0.2, 0.25) is 0 Å². The Labute approximate surface area is 95.3 Å². The van der Waals surface area contributed by atoms with Crippen molar-refractivity contribution in [1.82, 2.24) is 0 Å². The van der Waals surface area contributed by atoms with Crippen LogP contribution in [-0.2, 0) is 14.3 Å². The van der Waals surface area contributed by atoms with E-state index < -0.39 is 18.1 Å². The zero-order valence-corrected chi connectivity index (χ0v) is 9.55. The zero-order valence-electron chi connectivity index (χ0n) is 9.55. The Hall–Kier alpha value is -1.39. The molecule has 0 saturated carbocycles. The lowest BCUT2D eigenvalue weighted by atomic mass is 10.0. The normalized spacial score (nSPS) is 14.2. The molecule has 0 aromatic heterocycles. The monoisotopic (exact) mass is 223 g/mol. The molecule has 0 amide bonds. The molecular formula is C12H17NO3. The number of hydrogen-bond donors (Lipinski definition) is 1. The summed E-state index contributed by atoms with van der Waals surface area (Å²) in [6.45, 7) is 2.35. The Balaban J connectivity index is 2.86. The molecule has 16 heavy (non-hydrogen) atoms. The van der Waals surface area contributed by atoms with Gasteiger partial charge in [0.15, 0.2) is 0 Å². The van der Waals surface area contributed by atoms with Crippen molar-refractivity contribution in [3.63, 3.8) is 0 Å². The summed E-state index contributed by atoms with van der Waals surface area (Å²) in [6, 6.07) is 8.62. The van der Waals surface area contributed by atoms with Crippen molar-refractivity contribution in [2.45, 2.75) is 19.1 Å². The lowest BCUT2D eigenvalue weighted by Gasteiger charge is -2.22. The fourth-order valence-electron chi connectivity index (χ4n) is 1.49. The summed E-state index contributed by atoms with van der Waals surface area (Å²) in [5.74, 6) is -0.470. The topological polar surface area (TPSA) is 61.5 Å². The Morgan fingerprint density at radius 1 is 1.38 bits per heavy atom. The molecule has 88 valence electrons. The first-order chi connectivity index (χ1) is 7.70. The average Bonchev–Trinajstić information content (AvgIpc) is 2.35. The Bertz CT molecular complexity index is 326. The lowest BCUT2D eigenvalue weighted by molar-refractivity contribution is -0.146. The molecule has 0 aliphatic carbocycles. The predicted octanol–water partition coefficient (Wildman–Crippen LogP) is 1.26. The minimum Gasteiger partial charge on any atom is -0.468 e. The fourth-order valence-corrected chi connectivity index (χ4v) is 1.49. The maximum absolute atomic E-state index is 11.4. The summed E-state index contributed by atoms with van der Waals surface area (Å²) in [5.41, 5.74) is 6.67. The maximum atomic E-state index is 11.4. The van der Waals surface area contributed by atoms with Crippen LogP contribution in [0.5, 0.6) is 0 Å². The van der Waals surface area contributed by atoms with Crippen molar-refractivity contribution >= 4 is 5.97 Å². The molecule has 1 aromatic rings. The van der Waals surface area contributed by atoms with E-state index in [0.717, 1.165) is 5.56 Å². The summed E-state index contributed by atoms with van der Waals surface area (Å²) in [7, 11) is 1.32. The van der Waals surface area contributed by atoms with Gasteiger partial charge in [0.05, 0.1) is 7.11 Å². The first kappa shape index (κ1) is 12.7. The molecular weight excluding hydrogens is 206 g/mol. The highest BCUT2D eigenvalue weighted by molar-refractivity contribution is 5.76. The summed E-state index contributed by atoms with van der Waals surface area (Å²) in [4.78, 5) is 11.4. The minimum atomic E-state index is -0.799.